The van der Waals surface area contributed by atoms with Gasteiger partial charge in [0, 0.05) is 38.0 Å². The molecular formula is C22H32N2O. The number of Topliss-reactive ketones (excluding diaryl/α,β-unsaturated/α-hetero) is 1. The van der Waals surface area contributed by atoms with E-state index in [1.165, 1.54) is 19.3 Å². The molecular weight excluding hydrogens is 308 g/mol. The van der Waals surface area contributed by atoms with Gasteiger partial charge in [-0.25, -0.2) is 0 Å². The number of carbonyl (C=O) groups excluding carboxylic acids is 1. The second-order valence-electron chi connectivity index (χ2n) is 8.53. The summed E-state index contributed by atoms with van der Waals surface area (Å²) >= 11 is 0. The lowest BCUT2D eigenvalue weighted by Gasteiger charge is -2.48. The molecule has 3 fully saturated rings. The van der Waals surface area contributed by atoms with Crippen LogP contribution in [0.1, 0.15) is 56.1 Å². The summed E-state index contributed by atoms with van der Waals surface area (Å²) in [7, 11) is 0. The van der Waals surface area contributed by atoms with Crippen molar-refractivity contribution in [3.8, 4) is 0 Å². The van der Waals surface area contributed by atoms with Crippen molar-refractivity contribution < 1.29 is 4.79 Å². The highest BCUT2D eigenvalue weighted by atomic mass is 16.1. The number of carbonyl (C=O) groups is 1. The Labute approximate surface area is 152 Å². The van der Waals surface area contributed by atoms with E-state index >= 15 is 0 Å². The van der Waals surface area contributed by atoms with Gasteiger partial charge in [-0.2, -0.15) is 0 Å². The molecule has 136 valence electrons. The molecule has 0 radical (unpaired) electrons. The Bertz CT molecular complexity index is 613. The number of aryl methyl sites for hydroxylation is 1. The van der Waals surface area contributed by atoms with Crippen LogP contribution in [0.2, 0.25) is 0 Å². The van der Waals surface area contributed by atoms with Gasteiger partial charge >= 0.3 is 0 Å². The van der Waals surface area contributed by atoms with Gasteiger partial charge in [0.2, 0.25) is 0 Å². The topological polar surface area (TPSA) is 41.1 Å². The maximum atomic E-state index is 12.3. The zero-order valence-corrected chi connectivity index (χ0v) is 15.5. The van der Waals surface area contributed by atoms with Crippen LogP contribution < -0.4 is 10.6 Å². The molecule has 5 rings (SSSR count). The van der Waals surface area contributed by atoms with E-state index in [1.807, 2.05) is 0 Å². The molecule has 1 heterocycles. The van der Waals surface area contributed by atoms with Crippen molar-refractivity contribution >= 4 is 5.78 Å². The summed E-state index contributed by atoms with van der Waals surface area (Å²) in [5.74, 6) is 2.70. The van der Waals surface area contributed by atoms with Crippen LogP contribution in [-0.2, 0) is 11.2 Å². The number of fused-ring (bicyclic) bond motifs is 5. The molecule has 0 aromatic heterocycles. The Morgan fingerprint density at radius 2 is 1.68 bits per heavy atom. The first-order chi connectivity index (χ1) is 12.2. The molecule has 3 aliphatic carbocycles. The third kappa shape index (κ3) is 3.17. The van der Waals surface area contributed by atoms with Crippen molar-refractivity contribution in [2.75, 3.05) is 26.2 Å². The van der Waals surface area contributed by atoms with E-state index in [0.29, 0.717) is 11.7 Å². The van der Waals surface area contributed by atoms with Gasteiger partial charge in [0.05, 0.1) is 0 Å². The second-order valence-corrected chi connectivity index (χ2v) is 8.53. The lowest BCUT2D eigenvalue weighted by atomic mass is 9.55. The molecule has 1 aromatic carbocycles. The highest BCUT2D eigenvalue weighted by Gasteiger charge is 2.54. The number of rotatable bonds is 0. The van der Waals surface area contributed by atoms with Crippen LogP contribution in [0, 0.1) is 17.3 Å². The van der Waals surface area contributed by atoms with E-state index in [1.54, 1.807) is 11.1 Å². The summed E-state index contributed by atoms with van der Waals surface area (Å²) in [5, 5.41) is 6.44. The zero-order chi connectivity index (χ0) is 17.3. The lowest BCUT2D eigenvalue weighted by molar-refractivity contribution is -0.129. The SMILES string of the molecule is C1CNCCN1.C[C@]12CC[C@@H]3c4ccccc4CC[C@H]3[C@@H]1CCC2=O. The Morgan fingerprint density at radius 3 is 2.40 bits per heavy atom. The minimum Gasteiger partial charge on any atom is -0.314 e. The largest absolute Gasteiger partial charge is 0.314 e. The number of piperazine rings is 1. The van der Waals surface area contributed by atoms with E-state index < -0.39 is 0 Å². The Kier molecular flexibility index (Phi) is 4.97. The number of hydrogen-bond acceptors (Lipinski definition) is 3. The highest BCUT2D eigenvalue weighted by molar-refractivity contribution is 5.87. The fraction of sp³-hybridized carbons (Fsp3) is 0.682. The van der Waals surface area contributed by atoms with Gasteiger partial charge in [-0.15, -0.1) is 0 Å². The Balaban J connectivity index is 0.000000223. The molecule has 1 aromatic rings. The van der Waals surface area contributed by atoms with Crippen molar-refractivity contribution in [2.45, 2.75) is 51.4 Å². The highest BCUT2D eigenvalue weighted by Crippen LogP contribution is 2.59. The summed E-state index contributed by atoms with van der Waals surface area (Å²) in [5.41, 5.74) is 3.19. The molecule has 25 heavy (non-hydrogen) atoms. The molecule has 3 heteroatoms. The predicted molar refractivity (Wildman–Crippen MR) is 102 cm³/mol. The van der Waals surface area contributed by atoms with E-state index in [2.05, 4.69) is 41.8 Å². The van der Waals surface area contributed by atoms with Gasteiger partial charge in [0.15, 0.2) is 0 Å². The number of ketones is 1. The van der Waals surface area contributed by atoms with Gasteiger partial charge < -0.3 is 10.6 Å². The molecule has 3 nitrogen and oxygen atoms in total. The number of hydrogen-bond donors (Lipinski definition) is 2. The van der Waals surface area contributed by atoms with E-state index in [9.17, 15) is 4.79 Å². The molecule has 2 saturated carbocycles. The fourth-order valence-corrected chi connectivity index (χ4v) is 5.90. The van der Waals surface area contributed by atoms with Crippen molar-refractivity contribution in [2.24, 2.45) is 17.3 Å². The monoisotopic (exact) mass is 340 g/mol. The minimum atomic E-state index is 0.0213. The van der Waals surface area contributed by atoms with Crippen molar-refractivity contribution in [1.82, 2.24) is 10.6 Å². The molecule has 0 amide bonds. The predicted octanol–water partition coefficient (Wildman–Crippen LogP) is 3.29. The summed E-state index contributed by atoms with van der Waals surface area (Å²) in [6.45, 7) is 6.81. The lowest BCUT2D eigenvalue weighted by Crippen LogP contribution is -2.42. The van der Waals surface area contributed by atoms with Gasteiger partial charge in [-0.05, 0) is 61.0 Å². The molecule has 0 unspecified atom stereocenters. The summed E-state index contributed by atoms with van der Waals surface area (Å²) in [4.78, 5) is 12.3. The zero-order valence-electron chi connectivity index (χ0n) is 15.5. The van der Waals surface area contributed by atoms with E-state index in [0.717, 1.165) is 57.3 Å². The van der Waals surface area contributed by atoms with Gasteiger partial charge in [-0.1, -0.05) is 31.2 Å². The van der Waals surface area contributed by atoms with Crippen LogP contribution in [0.15, 0.2) is 24.3 Å². The third-order valence-corrected chi connectivity index (χ3v) is 7.30. The quantitative estimate of drug-likeness (QED) is 0.761. The average Bonchev–Trinajstić information content (AvgIpc) is 2.98. The molecule has 1 saturated heterocycles. The van der Waals surface area contributed by atoms with E-state index in [4.69, 9.17) is 0 Å². The van der Waals surface area contributed by atoms with Crippen LogP contribution >= 0.6 is 0 Å². The van der Waals surface area contributed by atoms with Crippen LogP contribution in [-0.4, -0.2) is 32.0 Å². The normalized spacial score (nSPS) is 36.5. The molecule has 0 bridgehead atoms. The maximum Gasteiger partial charge on any atom is 0.139 e. The Morgan fingerprint density at radius 1 is 0.960 bits per heavy atom. The van der Waals surface area contributed by atoms with Gasteiger partial charge in [0.25, 0.3) is 0 Å². The average molecular weight is 341 g/mol. The molecule has 0 spiro atoms. The first-order valence-corrected chi connectivity index (χ1v) is 10.2. The summed E-state index contributed by atoms with van der Waals surface area (Å²) in [6, 6.07) is 9.00. The molecule has 1 aliphatic heterocycles. The van der Waals surface area contributed by atoms with Gasteiger partial charge in [0.1, 0.15) is 5.78 Å². The van der Waals surface area contributed by atoms with Crippen molar-refractivity contribution in [1.29, 1.82) is 0 Å². The first-order valence-electron chi connectivity index (χ1n) is 10.2. The smallest absolute Gasteiger partial charge is 0.139 e. The maximum absolute atomic E-state index is 12.3. The number of nitrogens with one attached hydrogen (secondary N) is 2. The van der Waals surface area contributed by atoms with Gasteiger partial charge in [-0.3, -0.25) is 4.79 Å². The summed E-state index contributed by atoms with van der Waals surface area (Å²) in [6.07, 6.45) is 6.85. The molecule has 4 atom stereocenters. The van der Waals surface area contributed by atoms with Crippen LogP contribution in [0.25, 0.3) is 0 Å². The molecule has 4 aliphatic rings. The third-order valence-electron chi connectivity index (χ3n) is 7.30. The van der Waals surface area contributed by atoms with Crippen LogP contribution in [0.4, 0.5) is 0 Å². The Hall–Kier alpha value is -1.19. The van der Waals surface area contributed by atoms with Crippen molar-refractivity contribution in [3.05, 3.63) is 35.4 Å². The van der Waals surface area contributed by atoms with Crippen LogP contribution in [0.5, 0.6) is 0 Å². The molecule has 2 N–H and O–H groups in total. The van der Waals surface area contributed by atoms with Crippen LogP contribution in [0.3, 0.4) is 0 Å². The van der Waals surface area contributed by atoms with E-state index in [-0.39, 0.29) is 5.41 Å². The van der Waals surface area contributed by atoms with Crippen molar-refractivity contribution in [3.63, 3.8) is 0 Å². The minimum absolute atomic E-state index is 0.0213. The number of benzene rings is 1. The second kappa shape index (κ2) is 7.20. The standard InChI is InChI=1S/C18H22O.C4H10N2/c1-18-11-10-14-13-5-3-2-4-12(13)6-7-15(14)16(18)8-9-17(18)19;1-2-6-4-3-5-1/h2-5,14-16H,6-11H2,1H3;5-6H,1-4H2/t14-,15-,16+,18+;/m1./s1. The first kappa shape index (κ1) is 17.2. The fourth-order valence-electron chi connectivity index (χ4n) is 5.90. The summed E-state index contributed by atoms with van der Waals surface area (Å²) < 4.78 is 0.